The third kappa shape index (κ3) is 3.90. The van der Waals surface area contributed by atoms with Crippen molar-refractivity contribution in [3.63, 3.8) is 0 Å². The zero-order valence-electron chi connectivity index (χ0n) is 14.7. The summed E-state index contributed by atoms with van der Waals surface area (Å²) in [6.07, 6.45) is 0.873. The zero-order chi connectivity index (χ0) is 18.8. The molecule has 8 heteroatoms. The molecular weight excluding hydrogens is 406 g/mol. The maximum absolute atomic E-state index is 13.4. The number of halogens is 3. The van der Waals surface area contributed by atoms with Gasteiger partial charge in [-0.15, -0.1) is 0 Å². The number of H-pyrrole nitrogens is 1. The van der Waals surface area contributed by atoms with Gasteiger partial charge in [-0.3, -0.25) is 9.89 Å². The van der Waals surface area contributed by atoms with E-state index in [0.29, 0.717) is 28.9 Å². The zero-order valence-corrected chi connectivity index (χ0v) is 16.2. The predicted molar refractivity (Wildman–Crippen MR) is 99.4 cm³/mol. The molecule has 1 atom stereocenters. The molecule has 2 N–H and O–H groups in total. The van der Waals surface area contributed by atoms with Crippen LogP contribution >= 0.6 is 15.9 Å². The standard InChI is InChI=1S/C18H21BrF2N4O/c1-10(2)16-15(19)17(24-23-16)18(26)22-8-11-5-6-25(9-11)12-3-4-13(20)14(21)7-12/h3-4,7,10-11H,5-6,8-9H2,1-2H3,(H,22,26)(H,23,24). The van der Waals surface area contributed by atoms with Gasteiger partial charge < -0.3 is 10.2 Å². The first-order valence-electron chi connectivity index (χ1n) is 8.58. The summed E-state index contributed by atoms with van der Waals surface area (Å²) in [4.78, 5) is 14.4. The van der Waals surface area contributed by atoms with Gasteiger partial charge >= 0.3 is 0 Å². The maximum Gasteiger partial charge on any atom is 0.272 e. The number of amides is 1. The summed E-state index contributed by atoms with van der Waals surface area (Å²) in [5.41, 5.74) is 1.90. The summed E-state index contributed by atoms with van der Waals surface area (Å²) in [7, 11) is 0. The van der Waals surface area contributed by atoms with Crippen molar-refractivity contribution in [1.82, 2.24) is 15.5 Å². The van der Waals surface area contributed by atoms with E-state index in [1.54, 1.807) is 6.07 Å². The average molecular weight is 427 g/mol. The Morgan fingerprint density at radius 3 is 2.85 bits per heavy atom. The number of carbonyl (C=O) groups is 1. The molecule has 1 aliphatic heterocycles. The van der Waals surface area contributed by atoms with Crippen LogP contribution in [0.1, 0.15) is 42.4 Å². The van der Waals surface area contributed by atoms with Crippen LogP contribution in [-0.2, 0) is 0 Å². The van der Waals surface area contributed by atoms with Gasteiger partial charge in [-0.1, -0.05) is 13.8 Å². The highest BCUT2D eigenvalue weighted by molar-refractivity contribution is 9.10. The molecule has 0 bridgehead atoms. The molecule has 1 amide bonds. The Hall–Kier alpha value is -1.96. The Labute approximate surface area is 159 Å². The van der Waals surface area contributed by atoms with Crippen molar-refractivity contribution in [3.05, 3.63) is 45.7 Å². The van der Waals surface area contributed by atoms with Gasteiger partial charge in [0.2, 0.25) is 0 Å². The molecular formula is C18H21BrF2N4O. The van der Waals surface area contributed by atoms with Gasteiger partial charge in [-0.2, -0.15) is 5.10 Å². The Balaban J connectivity index is 1.56. The SMILES string of the molecule is CC(C)c1[nH]nc(C(=O)NCC2CCN(c3ccc(F)c(F)c3)C2)c1Br. The molecule has 0 spiro atoms. The predicted octanol–water partition coefficient (Wildman–Crippen LogP) is 3.83. The number of aromatic amines is 1. The highest BCUT2D eigenvalue weighted by Gasteiger charge is 2.25. The summed E-state index contributed by atoms with van der Waals surface area (Å²) in [5, 5.41) is 9.89. The Morgan fingerprint density at radius 2 is 2.19 bits per heavy atom. The molecule has 2 heterocycles. The van der Waals surface area contributed by atoms with Crippen molar-refractivity contribution in [1.29, 1.82) is 0 Å². The summed E-state index contributed by atoms with van der Waals surface area (Å²) < 4.78 is 27.2. The molecule has 1 fully saturated rings. The third-order valence-corrected chi connectivity index (χ3v) is 5.43. The van der Waals surface area contributed by atoms with Crippen LogP contribution in [0.15, 0.2) is 22.7 Å². The highest BCUT2D eigenvalue weighted by Crippen LogP contribution is 2.27. The van der Waals surface area contributed by atoms with Crippen molar-refractivity contribution in [2.75, 3.05) is 24.5 Å². The monoisotopic (exact) mass is 426 g/mol. The average Bonchev–Trinajstić information content (AvgIpc) is 3.22. The van der Waals surface area contributed by atoms with E-state index >= 15 is 0 Å². The summed E-state index contributed by atoms with van der Waals surface area (Å²) in [6.45, 7) is 5.98. The first-order chi connectivity index (χ1) is 12.4. The number of hydrogen-bond acceptors (Lipinski definition) is 3. The molecule has 1 aromatic heterocycles. The quantitative estimate of drug-likeness (QED) is 0.763. The molecule has 5 nitrogen and oxygen atoms in total. The number of nitrogens with one attached hydrogen (secondary N) is 2. The summed E-state index contributed by atoms with van der Waals surface area (Å²) in [5.74, 6) is -1.44. The Kier molecular flexibility index (Phi) is 5.60. The van der Waals surface area contributed by atoms with Crippen LogP contribution in [0.3, 0.4) is 0 Å². The molecule has 2 aromatic rings. The van der Waals surface area contributed by atoms with Gasteiger partial charge in [0.05, 0.1) is 10.2 Å². The smallest absolute Gasteiger partial charge is 0.272 e. The fourth-order valence-corrected chi connectivity index (χ4v) is 3.93. The molecule has 1 saturated heterocycles. The van der Waals surface area contributed by atoms with Crippen molar-refractivity contribution in [3.8, 4) is 0 Å². The van der Waals surface area contributed by atoms with E-state index in [2.05, 4.69) is 31.4 Å². The lowest BCUT2D eigenvalue weighted by atomic mass is 10.1. The van der Waals surface area contributed by atoms with E-state index in [9.17, 15) is 13.6 Å². The van der Waals surface area contributed by atoms with E-state index < -0.39 is 11.6 Å². The summed E-state index contributed by atoms with van der Waals surface area (Å²) >= 11 is 3.43. The van der Waals surface area contributed by atoms with Gasteiger partial charge in [0, 0.05) is 31.4 Å². The van der Waals surface area contributed by atoms with Crippen molar-refractivity contribution in [2.45, 2.75) is 26.2 Å². The largest absolute Gasteiger partial charge is 0.371 e. The second-order valence-electron chi connectivity index (χ2n) is 6.86. The number of nitrogens with zero attached hydrogens (tertiary/aromatic N) is 2. The minimum atomic E-state index is -0.845. The molecule has 3 rings (SSSR count). The molecule has 0 saturated carbocycles. The molecule has 26 heavy (non-hydrogen) atoms. The van der Waals surface area contributed by atoms with Crippen LogP contribution in [0, 0.1) is 17.6 Å². The second kappa shape index (κ2) is 7.73. The Morgan fingerprint density at radius 1 is 1.42 bits per heavy atom. The number of anilines is 1. The molecule has 0 radical (unpaired) electrons. The first kappa shape index (κ1) is 18.8. The molecule has 1 aliphatic rings. The Bertz CT molecular complexity index is 808. The van der Waals surface area contributed by atoms with Gasteiger partial charge in [0.25, 0.3) is 5.91 Å². The number of aromatic nitrogens is 2. The van der Waals surface area contributed by atoms with E-state index in [1.165, 1.54) is 6.07 Å². The van der Waals surface area contributed by atoms with Crippen LogP contribution < -0.4 is 10.2 Å². The van der Waals surface area contributed by atoms with Gasteiger partial charge in [0.15, 0.2) is 17.3 Å². The minimum absolute atomic E-state index is 0.230. The number of hydrogen-bond donors (Lipinski definition) is 2. The highest BCUT2D eigenvalue weighted by atomic mass is 79.9. The van der Waals surface area contributed by atoms with Crippen LogP contribution in [0.5, 0.6) is 0 Å². The van der Waals surface area contributed by atoms with Crippen LogP contribution in [0.25, 0.3) is 0 Å². The number of rotatable bonds is 5. The normalized spacial score (nSPS) is 17.2. The maximum atomic E-state index is 13.4. The van der Waals surface area contributed by atoms with E-state index in [-0.39, 0.29) is 17.7 Å². The van der Waals surface area contributed by atoms with Gasteiger partial charge in [-0.05, 0) is 46.3 Å². The van der Waals surface area contributed by atoms with E-state index in [0.717, 1.165) is 24.7 Å². The van der Waals surface area contributed by atoms with Crippen LogP contribution in [-0.4, -0.2) is 35.7 Å². The molecule has 140 valence electrons. The fraction of sp³-hybridized carbons (Fsp3) is 0.444. The van der Waals surface area contributed by atoms with Gasteiger partial charge in [-0.25, -0.2) is 8.78 Å². The second-order valence-corrected chi connectivity index (χ2v) is 7.66. The van der Waals surface area contributed by atoms with Crippen molar-refractivity contribution in [2.24, 2.45) is 5.92 Å². The fourth-order valence-electron chi connectivity index (χ4n) is 3.11. The lowest BCUT2D eigenvalue weighted by Gasteiger charge is -2.19. The molecule has 1 aromatic carbocycles. The topological polar surface area (TPSA) is 61.0 Å². The van der Waals surface area contributed by atoms with Gasteiger partial charge in [0.1, 0.15) is 0 Å². The van der Waals surface area contributed by atoms with Crippen molar-refractivity contribution >= 4 is 27.5 Å². The summed E-state index contributed by atoms with van der Waals surface area (Å²) in [6, 6.07) is 3.93. The lowest BCUT2D eigenvalue weighted by Crippen LogP contribution is -2.31. The van der Waals surface area contributed by atoms with E-state index in [1.807, 2.05) is 18.7 Å². The van der Waals surface area contributed by atoms with Crippen LogP contribution in [0.2, 0.25) is 0 Å². The lowest BCUT2D eigenvalue weighted by molar-refractivity contribution is 0.0942. The number of benzene rings is 1. The van der Waals surface area contributed by atoms with E-state index in [4.69, 9.17) is 0 Å². The third-order valence-electron chi connectivity index (χ3n) is 4.63. The number of carbonyl (C=O) groups excluding carboxylic acids is 1. The van der Waals surface area contributed by atoms with Crippen molar-refractivity contribution < 1.29 is 13.6 Å². The molecule has 0 aliphatic carbocycles. The van der Waals surface area contributed by atoms with Crippen LogP contribution in [0.4, 0.5) is 14.5 Å². The molecule has 1 unspecified atom stereocenters. The first-order valence-corrected chi connectivity index (χ1v) is 9.38. The minimum Gasteiger partial charge on any atom is -0.371 e.